The van der Waals surface area contributed by atoms with E-state index < -0.39 is 23.0 Å². The summed E-state index contributed by atoms with van der Waals surface area (Å²) in [5.74, 6) is -0.604. The van der Waals surface area contributed by atoms with Crippen LogP contribution in [0.25, 0.3) is 0 Å². The van der Waals surface area contributed by atoms with Crippen molar-refractivity contribution in [2.45, 2.75) is 24.4 Å². The number of nitrogens with two attached hydrogens (primary N) is 1. The summed E-state index contributed by atoms with van der Waals surface area (Å²) >= 11 is 1.28. The molecule has 1 aromatic heterocycles. The van der Waals surface area contributed by atoms with Crippen LogP contribution in [0.3, 0.4) is 0 Å². The monoisotopic (exact) mass is 656 g/mol. The van der Waals surface area contributed by atoms with Gasteiger partial charge in [-0.2, -0.15) is 23.4 Å². The summed E-state index contributed by atoms with van der Waals surface area (Å²) in [6.45, 7) is 1.58. The first kappa shape index (κ1) is 34.3. The van der Waals surface area contributed by atoms with E-state index in [0.29, 0.717) is 18.7 Å². The maximum Gasteiger partial charge on any atom is 0.422 e. The molecule has 2 atom stereocenters. The number of carbonyl (C=O) groups excluding carboxylic acids is 1. The van der Waals surface area contributed by atoms with Gasteiger partial charge in [0.05, 0.1) is 17.6 Å². The minimum Gasteiger partial charge on any atom is -0.457 e. The molecular weight excluding hydrogens is 624 g/mol. The first-order chi connectivity index (χ1) is 19.6. The van der Waals surface area contributed by atoms with Crippen LogP contribution in [0.15, 0.2) is 72.0 Å². The third-order valence-corrected chi connectivity index (χ3v) is 8.14. The lowest BCUT2D eigenvalue weighted by molar-refractivity contribution is -0.138. The van der Waals surface area contributed by atoms with Crippen molar-refractivity contribution < 1.29 is 22.7 Å². The molecule has 0 spiro atoms. The third kappa shape index (κ3) is 7.67. The van der Waals surface area contributed by atoms with Gasteiger partial charge in [-0.1, -0.05) is 18.2 Å². The summed E-state index contributed by atoms with van der Waals surface area (Å²) in [4.78, 5) is 18.0. The second kappa shape index (κ2) is 14.5. The van der Waals surface area contributed by atoms with Gasteiger partial charge in [-0.15, -0.1) is 36.6 Å². The zero-order valence-corrected chi connectivity index (χ0v) is 26.0. The van der Waals surface area contributed by atoms with Gasteiger partial charge in [0, 0.05) is 36.8 Å². The molecule has 0 aliphatic carbocycles. The number of benzene rings is 2. The number of hydrogen-bond acceptors (Lipinski definition) is 8. The Balaban J connectivity index is 0.00000253. The van der Waals surface area contributed by atoms with Crippen molar-refractivity contribution in [3.05, 3.63) is 83.2 Å². The Bertz CT molecular complexity index is 1420. The van der Waals surface area contributed by atoms with E-state index in [1.165, 1.54) is 30.2 Å². The van der Waals surface area contributed by atoms with E-state index in [-0.39, 0.29) is 59.3 Å². The average molecular weight is 658 g/mol. The van der Waals surface area contributed by atoms with E-state index in [9.17, 15) is 4.79 Å². The van der Waals surface area contributed by atoms with Crippen LogP contribution in [0.5, 0.6) is 11.5 Å². The molecule has 1 unspecified atom stereocenters. The highest BCUT2D eigenvalue weighted by atomic mass is 35.5. The number of piperidine rings is 1. The van der Waals surface area contributed by atoms with E-state index >= 15 is 13.2 Å². The third-order valence-electron chi connectivity index (χ3n) is 7.04. The predicted octanol–water partition coefficient (Wildman–Crippen LogP) is 6.49. The van der Waals surface area contributed by atoms with E-state index in [4.69, 9.17) is 10.5 Å². The summed E-state index contributed by atoms with van der Waals surface area (Å²) < 4.78 is 51.3. The molecule has 3 heterocycles. The van der Waals surface area contributed by atoms with Crippen molar-refractivity contribution in [3.63, 3.8) is 0 Å². The summed E-state index contributed by atoms with van der Waals surface area (Å²) in [6.07, 6.45) is -0.0899. The van der Waals surface area contributed by atoms with E-state index in [2.05, 4.69) is 10.2 Å². The van der Waals surface area contributed by atoms with Crippen molar-refractivity contribution >= 4 is 53.9 Å². The Morgan fingerprint density at radius 3 is 2.49 bits per heavy atom. The molecule has 1 amide bonds. The van der Waals surface area contributed by atoms with Gasteiger partial charge >= 0.3 is 6.18 Å². The molecule has 232 valence electrons. The van der Waals surface area contributed by atoms with Crippen molar-refractivity contribution in [1.82, 2.24) is 15.1 Å². The minimum absolute atomic E-state index is 0. The molecule has 2 aromatic carbocycles. The Labute approximate surface area is 265 Å². The summed E-state index contributed by atoms with van der Waals surface area (Å²) in [7, 11) is 3.91. The lowest BCUT2D eigenvalue weighted by Crippen LogP contribution is -2.41. The highest BCUT2D eigenvalue weighted by molar-refractivity contribution is 8.02. The SMILES string of the molecule is CN(C)C[C@H]1CCCN(c2c(N3C(C(N)=O)=CSC3c3ccnnc3)ccc(Oc3ccccc3)c2C(F)(F)F)C1.Cl.Cl. The van der Waals surface area contributed by atoms with Crippen LogP contribution in [0, 0.1) is 5.92 Å². The molecule has 8 nitrogen and oxygen atoms in total. The highest BCUT2D eigenvalue weighted by Gasteiger charge is 2.44. The number of thioether (sulfide) groups is 1. The number of anilines is 2. The molecule has 2 aliphatic rings. The van der Waals surface area contributed by atoms with Gasteiger partial charge in [-0.3, -0.25) is 4.79 Å². The Morgan fingerprint density at radius 1 is 1.12 bits per heavy atom. The van der Waals surface area contributed by atoms with E-state index in [1.54, 1.807) is 57.7 Å². The van der Waals surface area contributed by atoms with E-state index in [0.717, 1.165) is 19.4 Å². The molecule has 2 N–H and O–H groups in total. The molecular formula is C29H33Cl2F3N6O2S. The fourth-order valence-corrected chi connectivity index (χ4v) is 6.60. The van der Waals surface area contributed by atoms with Gasteiger partial charge < -0.3 is 25.2 Å². The van der Waals surface area contributed by atoms with Crippen molar-refractivity contribution in [2.24, 2.45) is 11.7 Å². The van der Waals surface area contributed by atoms with Crippen LogP contribution in [0.2, 0.25) is 0 Å². The number of amides is 1. The fraction of sp³-hybridized carbons (Fsp3) is 0.345. The Morgan fingerprint density at radius 2 is 1.86 bits per heavy atom. The Kier molecular flexibility index (Phi) is 11.6. The first-order valence-electron chi connectivity index (χ1n) is 13.2. The number of ether oxygens (including phenoxy) is 1. The molecule has 3 aromatic rings. The molecule has 43 heavy (non-hydrogen) atoms. The van der Waals surface area contributed by atoms with Crippen LogP contribution < -0.4 is 20.3 Å². The van der Waals surface area contributed by atoms with Crippen LogP contribution in [-0.2, 0) is 11.0 Å². The number of alkyl halides is 3. The van der Waals surface area contributed by atoms with Crippen molar-refractivity contribution in [1.29, 1.82) is 0 Å². The van der Waals surface area contributed by atoms with Gasteiger partial charge in [0.25, 0.3) is 5.91 Å². The van der Waals surface area contributed by atoms with Gasteiger partial charge in [0.2, 0.25) is 0 Å². The molecule has 0 bridgehead atoms. The maximum atomic E-state index is 15.2. The van der Waals surface area contributed by atoms with Crippen LogP contribution in [-0.4, -0.2) is 54.7 Å². The highest BCUT2D eigenvalue weighted by Crippen LogP contribution is 2.54. The quantitative estimate of drug-likeness (QED) is 0.295. The minimum atomic E-state index is -4.76. The second-order valence-corrected chi connectivity index (χ2v) is 11.3. The first-order valence-corrected chi connectivity index (χ1v) is 14.2. The van der Waals surface area contributed by atoms with Gasteiger partial charge in [-0.05, 0) is 63.2 Å². The number of rotatable bonds is 8. The fourth-order valence-electron chi connectivity index (χ4n) is 5.46. The number of nitrogens with zero attached hydrogens (tertiary/aromatic N) is 5. The van der Waals surface area contributed by atoms with Crippen LogP contribution in [0.1, 0.15) is 29.3 Å². The number of halogens is 5. The number of para-hydroxylation sites is 1. The van der Waals surface area contributed by atoms with Gasteiger partial charge in [0.15, 0.2) is 0 Å². The predicted molar refractivity (Wildman–Crippen MR) is 168 cm³/mol. The Hall–Kier alpha value is -3.19. The lowest BCUT2D eigenvalue weighted by Gasteiger charge is -2.40. The van der Waals surface area contributed by atoms with Crippen LogP contribution >= 0.6 is 36.6 Å². The summed E-state index contributed by atoms with van der Waals surface area (Å²) in [5, 5.41) is 8.79. The molecule has 2 aliphatic heterocycles. The van der Waals surface area contributed by atoms with Crippen LogP contribution in [0.4, 0.5) is 24.5 Å². The molecule has 0 saturated carbocycles. The smallest absolute Gasteiger partial charge is 0.422 e. The van der Waals surface area contributed by atoms with E-state index in [1.807, 2.05) is 19.0 Å². The molecule has 14 heteroatoms. The average Bonchev–Trinajstić information content (AvgIpc) is 3.38. The molecule has 1 saturated heterocycles. The molecule has 0 radical (unpaired) electrons. The number of carbonyl (C=O) groups is 1. The number of primary amides is 1. The number of hydrogen-bond donors (Lipinski definition) is 1. The molecule has 5 rings (SSSR count). The van der Waals surface area contributed by atoms with Gasteiger partial charge in [0.1, 0.15) is 28.1 Å². The largest absolute Gasteiger partial charge is 0.457 e. The topological polar surface area (TPSA) is 87.8 Å². The van der Waals surface area contributed by atoms with Crippen molar-refractivity contribution in [3.8, 4) is 11.5 Å². The standard InChI is InChI=1S/C29H31F3N6O2S.2ClH/c1-36(2)16-19-7-6-14-37(17-19)26-22(38-23(27(33)39)18-41-28(38)20-12-13-34-35-15-20)10-11-24(25(26)29(30,31)32)40-21-8-4-3-5-9-21;;/h3-5,8-13,15,18-19,28H,6-7,14,16-17H2,1-2H3,(H2,33,39);2*1H/t19-,28?;;/m1../s1. The van der Waals surface area contributed by atoms with Crippen molar-refractivity contribution in [2.75, 3.05) is 43.5 Å². The zero-order valence-electron chi connectivity index (χ0n) is 23.5. The maximum absolute atomic E-state index is 15.2. The van der Waals surface area contributed by atoms with Gasteiger partial charge in [-0.25, -0.2) is 0 Å². The molecule has 1 fully saturated rings. The normalized spacial score (nSPS) is 18.5. The number of aromatic nitrogens is 2. The second-order valence-electron chi connectivity index (χ2n) is 10.3. The zero-order chi connectivity index (χ0) is 29.1. The summed E-state index contributed by atoms with van der Waals surface area (Å²) in [5.41, 5.74) is 5.84. The summed E-state index contributed by atoms with van der Waals surface area (Å²) in [6, 6.07) is 13.0. The lowest BCUT2D eigenvalue weighted by atomic mass is 9.95.